The van der Waals surface area contributed by atoms with Gasteiger partial charge in [-0.2, -0.15) is 5.35 Å². The molecule has 3 aromatic heterocycles. The summed E-state index contributed by atoms with van der Waals surface area (Å²) in [4.78, 5) is 13.7. The van der Waals surface area contributed by atoms with Gasteiger partial charge in [0.25, 0.3) is 0 Å². The van der Waals surface area contributed by atoms with E-state index >= 15 is 0 Å². The molecule has 4 heteroatoms. The van der Waals surface area contributed by atoms with Gasteiger partial charge in [-0.15, -0.1) is 41.3 Å². The Morgan fingerprint density at radius 3 is 2.07 bits per heavy atom. The summed E-state index contributed by atoms with van der Waals surface area (Å²) in [6.45, 7) is 0. The van der Waals surface area contributed by atoms with Crippen LogP contribution < -0.4 is 15.7 Å². The van der Waals surface area contributed by atoms with Crippen LogP contribution in [-0.2, 0) is 21.1 Å². The Labute approximate surface area is 189 Å². The van der Waals surface area contributed by atoms with E-state index in [2.05, 4.69) is 34.2 Å². The number of pyridine rings is 2. The molecule has 146 valence electrons. The number of benzene rings is 2. The minimum absolute atomic E-state index is 0. The molecule has 0 spiro atoms. The topological polar surface area (TPSA) is 39.9 Å². The van der Waals surface area contributed by atoms with E-state index in [9.17, 15) is 0 Å². The van der Waals surface area contributed by atoms with E-state index in [1.165, 1.54) is 0 Å². The molecule has 0 bridgehead atoms. The molecule has 0 saturated carbocycles. The van der Waals surface area contributed by atoms with E-state index in [0.29, 0.717) is 0 Å². The Morgan fingerprint density at radius 1 is 0.667 bits per heavy atom. The minimum atomic E-state index is 0. The van der Waals surface area contributed by atoms with Crippen LogP contribution in [-0.4, -0.2) is 9.97 Å². The van der Waals surface area contributed by atoms with Crippen molar-refractivity contribution in [3.05, 3.63) is 119 Å². The van der Waals surface area contributed by atoms with Gasteiger partial charge in [0.15, 0.2) is 0 Å². The first kappa shape index (κ1) is 20.0. The number of fused-ring (bicyclic) bond motifs is 1. The van der Waals surface area contributed by atoms with E-state index < -0.39 is 0 Å². The molecule has 3 heterocycles. The predicted octanol–water partition coefficient (Wildman–Crippen LogP) is 3.71. The van der Waals surface area contributed by atoms with Gasteiger partial charge >= 0.3 is 21.1 Å². The predicted molar refractivity (Wildman–Crippen MR) is 116 cm³/mol. The molecule has 0 unspecified atom stereocenters. The summed E-state index contributed by atoms with van der Waals surface area (Å²) in [5.74, 6) is 0. The first-order chi connectivity index (χ1) is 14.4. The van der Waals surface area contributed by atoms with Gasteiger partial charge in [0, 0.05) is 18.1 Å². The summed E-state index contributed by atoms with van der Waals surface area (Å²) in [7, 11) is 0. The van der Waals surface area contributed by atoms with E-state index in [0.717, 1.165) is 44.0 Å². The molecular formula is C26H17N3Pt. The molecule has 0 fully saturated rings. The van der Waals surface area contributed by atoms with Gasteiger partial charge in [0.05, 0.1) is 5.69 Å². The second kappa shape index (κ2) is 9.02. The molecule has 2 aromatic carbocycles. The van der Waals surface area contributed by atoms with Crippen LogP contribution in [0.1, 0.15) is 11.3 Å². The maximum Gasteiger partial charge on any atom is 2.00 e. The van der Waals surface area contributed by atoms with Crippen molar-refractivity contribution in [1.29, 1.82) is 0 Å². The Bertz CT molecular complexity index is 1390. The van der Waals surface area contributed by atoms with Crippen LogP contribution in [0.4, 0.5) is 0 Å². The molecule has 30 heavy (non-hydrogen) atoms. The van der Waals surface area contributed by atoms with Crippen LogP contribution in [0.15, 0.2) is 91.3 Å². The summed E-state index contributed by atoms with van der Waals surface area (Å²) < 4.78 is 0. The van der Waals surface area contributed by atoms with Gasteiger partial charge in [-0.25, -0.2) is 0 Å². The Hall–Kier alpha value is -3.29. The smallest absolute Gasteiger partial charge is 0.663 e. The Balaban J connectivity index is 0.00000218. The SMILES string of the molecule is [Pt+2].[c-]1c(C=c2[n-]c(=Cc3ccccn3)c3ccccc23)cccc1-c1ccccn1. The van der Waals surface area contributed by atoms with Crippen LogP contribution in [0.25, 0.3) is 34.2 Å². The molecule has 0 radical (unpaired) electrons. The van der Waals surface area contributed by atoms with Crippen LogP contribution in [0.3, 0.4) is 0 Å². The Morgan fingerprint density at radius 2 is 1.37 bits per heavy atom. The van der Waals surface area contributed by atoms with Gasteiger partial charge in [0.2, 0.25) is 0 Å². The van der Waals surface area contributed by atoms with E-state index in [4.69, 9.17) is 4.98 Å². The molecule has 0 N–H and O–H groups in total. The van der Waals surface area contributed by atoms with Gasteiger partial charge < -0.3 is 4.98 Å². The second-order valence-corrected chi connectivity index (χ2v) is 6.71. The van der Waals surface area contributed by atoms with E-state index in [1.807, 2.05) is 72.8 Å². The molecule has 0 aliphatic carbocycles. The monoisotopic (exact) mass is 566 g/mol. The third kappa shape index (κ3) is 4.17. The number of rotatable bonds is 3. The van der Waals surface area contributed by atoms with Crippen molar-refractivity contribution in [2.75, 3.05) is 0 Å². The average Bonchev–Trinajstić information content (AvgIpc) is 3.12. The minimum Gasteiger partial charge on any atom is -0.663 e. The molecule has 0 aliphatic heterocycles. The summed E-state index contributed by atoms with van der Waals surface area (Å²) in [6, 6.07) is 29.6. The van der Waals surface area contributed by atoms with Crippen molar-refractivity contribution >= 4 is 22.9 Å². The quantitative estimate of drug-likeness (QED) is 0.313. The van der Waals surface area contributed by atoms with Crippen LogP contribution >= 0.6 is 0 Å². The van der Waals surface area contributed by atoms with Crippen molar-refractivity contribution in [3.63, 3.8) is 0 Å². The van der Waals surface area contributed by atoms with Gasteiger partial charge in [-0.05, 0) is 29.0 Å². The molecule has 0 saturated heterocycles. The molecule has 5 aromatic rings. The maximum absolute atomic E-state index is 4.90. The standard InChI is InChI=1S/C26H17N3.Pt/c1-2-12-23-22(11-1)25(29-26(23)18-21-10-3-5-14-27-21)17-19-8-7-9-20(16-19)24-13-4-6-15-28-24;/h1-15,17-18H;/q-2;+2. The zero-order valence-electron chi connectivity index (χ0n) is 16.0. The average molecular weight is 567 g/mol. The fourth-order valence-electron chi connectivity index (χ4n) is 3.39. The number of nitrogens with zero attached hydrogens (tertiary/aromatic N) is 3. The maximum atomic E-state index is 4.90. The van der Waals surface area contributed by atoms with Crippen LogP contribution in [0.2, 0.25) is 0 Å². The van der Waals surface area contributed by atoms with Gasteiger partial charge in [0.1, 0.15) is 0 Å². The molecular weight excluding hydrogens is 549 g/mol. The number of hydrogen-bond acceptors (Lipinski definition) is 2. The molecule has 5 rings (SSSR count). The molecule has 0 aliphatic rings. The summed E-state index contributed by atoms with van der Waals surface area (Å²) in [5, 5.41) is 4.08. The third-order valence-electron chi connectivity index (χ3n) is 4.74. The third-order valence-corrected chi connectivity index (χ3v) is 4.74. The number of aromatic nitrogens is 3. The van der Waals surface area contributed by atoms with E-state index in [-0.39, 0.29) is 21.1 Å². The first-order valence-electron chi connectivity index (χ1n) is 9.46. The van der Waals surface area contributed by atoms with Crippen LogP contribution in [0.5, 0.6) is 0 Å². The van der Waals surface area contributed by atoms with Crippen molar-refractivity contribution < 1.29 is 21.1 Å². The number of hydrogen-bond donors (Lipinski definition) is 0. The Kier molecular flexibility index (Phi) is 6.01. The van der Waals surface area contributed by atoms with Crippen molar-refractivity contribution in [2.24, 2.45) is 0 Å². The van der Waals surface area contributed by atoms with Gasteiger partial charge in [-0.1, -0.05) is 54.1 Å². The first-order valence-corrected chi connectivity index (χ1v) is 9.46. The van der Waals surface area contributed by atoms with Crippen molar-refractivity contribution in [3.8, 4) is 11.3 Å². The summed E-state index contributed by atoms with van der Waals surface area (Å²) >= 11 is 0. The fourth-order valence-corrected chi connectivity index (χ4v) is 3.39. The van der Waals surface area contributed by atoms with Crippen molar-refractivity contribution in [1.82, 2.24) is 15.0 Å². The van der Waals surface area contributed by atoms with E-state index in [1.54, 1.807) is 12.4 Å². The molecule has 0 amide bonds. The fraction of sp³-hybridized carbons (Fsp3) is 0. The summed E-state index contributed by atoms with van der Waals surface area (Å²) in [6.07, 6.45) is 7.69. The van der Waals surface area contributed by atoms with Crippen molar-refractivity contribution in [2.45, 2.75) is 0 Å². The summed E-state index contributed by atoms with van der Waals surface area (Å²) in [5.41, 5.74) is 3.74. The largest absolute Gasteiger partial charge is 2.00 e. The molecule has 3 nitrogen and oxygen atoms in total. The van der Waals surface area contributed by atoms with Gasteiger partial charge in [-0.3, -0.25) is 9.97 Å². The molecule has 0 atom stereocenters. The normalized spacial score (nSPS) is 12.1. The van der Waals surface area contributed by atoms with Crippen LogP contribution in [0, 0.1) is 6.07 Å². The zero-order valence-corrected chi connectivity index (χ0v) is 18.2. The zero-order chi connectivity index (χ0) is 19.5. The second-order valence-electron chi connectivity index (χ2n) is 6.71.